The highest BCUT2D eigenvalue weighted by atomic mass is 127. The molecular weight excluding hydrogens is 299 g/mol. The molecule has 0 bridgehead atoms. The number of ether oxygens (including phenoxy) is 1. The summed E-state index contributed by atoms with van der Waals surface area (Å²) >= 11 is 2.29. The second kappa shape index (κ2) is 4.66. The van der Waals surface area contributed by atoms with E-state index in [2.05, 4.69) is 35.6 Å². The number of para-hydroxylation sites is 1. The summed E-state index contributed by atoms with van der Waals surface area (Å²) in [6.07, 6.45) is 0. The van der Waals surface area contributed by atoms with Gasteiger partial charge in [0.15, 0.2) is 0 Å². The van der Waals surface area contributed by atoms with Gasteiger partial charge in [-0.3, -0.25) is 0 Å². The van der Waals surface area contributed by atoms with Gasteiger partial charge in [0.1, 0.15) is 11.5 Å². The lowest BCUT2D eigenvalue weighted by Crippen LogP contribution is -1.85. The molecule has 0 aliphatic carbocycles. The normalized spacial score (nSPS) is 10.0. The average Bonchev–Trinajstić information content (AvgIpc) is 2.17. The monoisotopic (exact) mass is 310 g/mol. The molecule has 0 aromatic heterocycles. The summed E-state index contributed by atoms with van der Waals surface area (Å²) in [4.78, 5) is 0. The molecule has 2 aromatic carbocycles. The fourth-order valence-electron chi connectivity index (χ4n) is 1.39. The van der Waals surface area contributed by atoms with Gasteiger partial charge in [-0.25, -0.2) is 0 Å². The minimum absolute atomic E-state index is 0.874. The van der Waals surface area contributed by atoms with E-state index in [0.717, 1.165) is 11.5 Å². The Morgan fingerprint density at radius 2 is 1.67 bits per heavy atom. The second-order valence-corrected chi connectivity index (χ2v) is 4.63. The van der Waals surface area contributed by atoms with Gasteiger partial charge in [0.05, 0.1) is 0 Å². The lowest BCUT2D eigenvalue weighted by atomic mass is 10.2. The van der Waals surface area contributed by atoms with Crippen LogP contribution in [-0.2, 0) is 0 Å². The van der Waals surface area contributed by atoms with Crippen LogP contribution in [0.3, 0.4) is 0 Å². The zero-order chi connectivity index (χ0) is 10.7. The Hall–Kier alpha value is -1.03. The molecule has 0 spiro atoms. The van der Waals surface area contributed by atoms with Gasteiger partial charge in [-0.05, 0) is 65.4 Å². The lowest BCUT2D eigenvalue weighted by molar-refractivity contribution is 0.482. The van der Waals surface area contributed by atoms with Crippen LogP contribution < -0.4 is 4.74 Å². The van der Waals surface area contributed by atoms with Crippen molar-refractivity contribution in [2.24, 2.45) is 0 Å². The fraction of sp³-hybridized carbons (Fsp3) is 0.0769. The van der Waals surface area contributed by atoms with Crippen LogP contribution in [0.2, 0.25) is 0 Å². The smallest absolute Gasteiger partial charge is 0.128 e. The zero-order valence-electron chi connectivity index (χ0n) is 8.41. The number of hydrogen-bond donors (Lipinski definition) is 0. The Morgan fingerprint density at radius 3 is 2.33 bits per heavy atom. The van der Waals surface area contributed by atoms with Crippen molar-refractivity contribution >= 4 is 22.6 Å². The first-order chi connectivity index (χ1) is 7.24. The molecule has 0 heterocycles. The summed E-state index contributed by atoms with van der Waals surface area (Å²) in [6, 6.07) is 16.0. The van der Waals surface area contributed by atoms with Crippen molar-refractivity contribution in [1.29, 1.82) is 0 Å². The molecule has 0 atom stereocenters. The molecule has 0 fully saturated rings. The van der Waals surface area contributed by atoms with Gasteiger partial charge in [-0.1, -0.05) is 18.2 Å². The number of benzene rings is 2. The van der Waals surface area contributed by atoms with E-state index < -0.39 is 0 Å². The maximum Gasteiger partial charge on any atom is 0.128 e. The maximum atomic E-state index is 5.74. The first kappa shape index (κ1) is 10.5. The van der Waals surface area contributed by atoms with Crippen LogP contribution in [-0.4, -0.2) is 0 Å². The van der Waals surface area contributed by atoms with Crippen molar-refractivity contribution in [1.82, 2.24) is 0 Å². The summed E-state index contributed by atoms with van der Waals surface area (Å²) in [5, 5.41) is 0. The van der Waals surface area contributed by atoms with Crippen molar-refractivity contribution in [3.05, 3.63) is 57.7 Å². The van der Waals surface area contributed by atoms with Crippen LogP contribution in [0.15, 0.2) is 48.5 Å². The molecule has 76 valence electrons. The largest absolute Gasteiger partial charge is 0.457 e. The molecule has 0 unspecified atom stereocenters. The van der Waals surface area contributed by atoms with Gasteiger partial charge in [0.25, 0.3) is 0 Å². The van der Waals surface area contributed by atoms with Crippen molar-refractivity contribution < 1.29 is 4.74 Å². The first-order valence-electron chi connectivity index (χ1n) is 4.74. The quantitative estimate of drug-likeness (QED) is 0.748. The first-order valence-corrected chi connectivity index (χ1v) is 5.82. The van der Waals surface area contributed by atoms with E-state index in [-0.39, 0.29) is 0 Å². The Morgan fingerprint density at radius 1 is 0.933 bits per heavy atom. The van der Waals surface area contributed by atoms with E-state index in [9.17, 15) is 0 Å². The third-order valence-electron chi connectivity index (χ3n) is 1.99. The van der Waals surface area contributed by atoms with Crippen LogP contribution in [0.5, 0.6) is 11.5 Å². The summed E-state index contributed by atoms with van der Waals surface area (Å²) < 4.78 is 6.93. The fourth-order valence-corrected chi connectivity index (χ4v) is 2.18. The Bertz CT molecular complexity index is 431. The highest BCUT2D eigenvalue weighted by Gasteiger charge is 1.98. The van der Waals surface area contributed by atoms with E-state index >= 15 is 0 Å². The van der Waals surface area contributed by atoms with E-state index in [1.54, 1.807) is 0 Å². The highest BCUT2D eigenvalue weighted by Crippen LogP contribution is 2.24. The van der Waals surface area contributed by atoms with E-state index in [4.69, 9.17) is 4.74 Å². The van der Waals surface area contributed by atoms with Crippen LogP contribution in [0, 0.1) is 10.5 Å². The van der Waals surface area contributed by atoms with Gasteiger partial charge in [0, 0.05) is 3.57 Å². The molecule has 0 amide bonds. The van der Waals surface area contributed by atoms with Crippen molar-refractivity contribution in [2.45, 2.75) is 6.92 Å². The number of rotatable bonds is 2. The summed E-state index contributed by atoms with van der Waals surface area (Å²) in [5.74, 6) is 1.77. The standard InChI is InChI=1S/C13H11IO/c1-10-7-11(14)9-13(8-10)15-12-5-3-2-4-6-12/h2-9H,1H3. The molecule has 0 aliphatic rings. The molecule has 0 aliphatic heterocycles. The Labute approximate surface area is 103 Å². The summed E-state index contributed by atoms with van der Waals surface area (Å²) in [6.45, 7) is 2.07. The summed E-state index contributed by atoms with van der Waals surface area (Å²) in [5.41, 5.74) is 1.22. The van der Waals surface area contributed by atoms with Gasteiger partial charge in [-0.15, -0.1) is 0 Å². The predicted octanol–water partition coefficient (Wildman–Crippen LogP) is 4.39. The number of halogens is 1. The minimum Gasteiger partial charge on any atom is -0.457 e. The van der Waals surface area contributed by atoms with Crippen LogP contribution in [0.4, 0.5) is 0 Å². The molecule has 15 heavy (non-hydrogen) atoms. The second-order valence-electron chi connectivity index (χ2n) is 3.38. The Balaban J connectivity index is 2.25. The number of aryl methyl sites for hydroxylation is 1. The highest BCUT2D eigenvalue weighted by molar-refractivity contribution is 14.1. The molecule has 2 aromatic rings. The number of hydrogen-bond acceptors (Lipinski definition) is 1. The van der Waals surface area contributed by atoms with Crippen LogP contribution in [0.1, 0.15) is 5.56 Å². The molecule has 0 N–H and O–H groups in total. The predicted molar refractivity (Wildman–Crippen MR) is 70.4 cm³/mol. The molecule has 2 heteroatoms. The van der Waals surface area contributed by atoms with Gasteiger partial charge >= 0.3 is 0 Å². The average molecular weight is 310 g/mol. The summed E-state index contributed by atoms with van der Waals surface area (Å²) in [7, 11) is 0. The third kappa shape index (κ3) is 2.96. The molecule has 0 radical (unpaired) electrons. The zero-order valence-corrected chi connectivity index (χ0v) is 10.6. The molecular formula is C13H11IO. The lowest BCUT2D eigenvalue weighted by Gasteiger charge is -2.06. The van der Waals surface area contributed by atoms with E-state index in [1.165, 1.54) is 9.13 Å². The minimum atomic E-state index is 0.874. The maximum absolute atomic E-state index is 5.74. The molecule has 0 saturated heterocycles. The Kier molecular flexibility index (Phi) is 3.26. The van der Waals surface area contributed by atoms with Crippen molar-refractivity contribution in [2.75, 3.05) is 0 Å². The van der Waals surface area contributed by atoms with E-state index in [1.807, 2.05) is 42.5 Å². The van der Waals surface area contributed by atoms with Gasteiger partial charge in [0.2, 0.25) is 0 Å². The molecule has 1 nitrogen and oxygen atoms in total. The molecule has 2 rings (SSSR count). The SMILES string of the molecule is Cc1cc(I)cc(Oc2ccccc2)c1. The van der Waals surface area contributed by atoms with Crippen LogP contribution in [0.25, 0.3) is 0 Å². The van der Waals surface area contributed by atoms with Crippen LogP contribution >= 0.6 is 22.6 Å². The van der Waals surface area contributed by atoms with Gasteiger partial charge < -0.3 is 4.74 Å². The topological polar surface area (TPSA) is 9.23 Å². The third-order valence-corrected chi connectivity index (χ3v) is 2.62. The van der Waals surface area contributed by atoms with Gasteiger partial charge in [-0.2, -0.15) is 0 Å². The van der Waals surface area contributed by atoms with Crippen molar-refractivity contribution in [3.63, 3.8) is 0 Å². The molecule has 0 saturated carbocycles. The van der Waals surface area contributed by atoms with Crippen molar-refractivity contribution in [3.8, 4) is 11.5 Å². The van der Waals surface area contributed by atoms with E-state index in [0.29, 0.717) is 0 Å².